The van der Waals surface area contributed by atoms with Crippen molar-refractivity contribution >= 4 is 21.8 Å². The van der Waals surface area contributed by atoms with Crippen LogP contribution in [0, 0.1) is 23.2 Å². The summed E-state index contributed by atoms with van der Waals surface area (Å²) in [6.07, 6.45) is 4.90. The molecule has 5 saturated carbocycles. The number of rotatable bonds is 3. The van der Waals surface area contributed by atoms with Crippen molar-refractivity contribution in [1.82, 2.24) is 5.32 Å². The Morgan fingerprint density at radius 3 is 2.36 bits per heavy atom. The average molecular weight is 422 g/mol. The van der Waals surface area contributed by atoms with Crippen molar-refractivity contribution in [2.45, 2.75) is 87.2 Å². The molecule has 0 aliphatic heterocycles. The molecule has 0 spiro atoms. The highest BCUT2D eigenvalue weighted by molar-refractivity contribution is 9.10. The van der Waals surface area contributed by atoms with Crippen LogP contribution in [0.25, 0.3) is 0 Å². The summed E-state index contributed by atoms with van der Waals surface area (Å²) in [5.74, 6) is 0.165. The topological polar surface area (TPSA) is 29.1 Å². The number of hydrogen-bond donors (Lipinski definition) is 1. The minimum atomic E-state index is -4.13. The highest BCUT2D eigenvalue weighted by atomic mass is 79.9. The zero-order valence-electron chi connectivity index (χ0n) is 14.5. The molecular formula is C19H27BrF3NO. The van der Waals surface area contributed by atoms with Gasteiger partial charge in [0, 0.05) is 16.8 Å². The number of alkyl halides is 4. The Morgan fingerprint density at radius 2 is 1.76 bits per heavy atom. The fourth-order valence-electron chi connectivity index (χ4n) is 6.78. The molecule has 0 aromatic carbocycles. The fraction of sp³-hybridized carbons (Fsp3) is 0.947. The van der Waals surface area contributed by atoms with Gasteiger partial charge in [-0.3, -0.25) is 4.79 Å². The van der Waals surface area contributed by atoms with Crippen LogP contribution in [0.1, 0.15) is 70.6 Å². The molecule has 0 aromatic heterocycles. The predicted octanol–water partition coefficient (Wildman–Crippen LogP) is 5.35. The first kappa shape index (κ1) is 18.1. The molecule has 0 saturated heterocycles. The minimum Gasteiger partial charge on any atom is -0.353 e. The van der Waals surface area contributed by atoms with Crippen molar-refractivity contribution in [2.75, 3.05) is 0 Å². The number of carbonyl (C=O) groups excluding carboxylic acids is 1. The molecule has 0 radical (unpaired) electrons. The maximum atomic E-state index is 13.0. The number of amides is 1. The van der Waals surface area contributed by atoms with E-state index in [-0.39, 0.29) is 34.5 Å². The molecule has 2 nitrogen and oxygen atoms in total. The summed E-state index contributed by atoms with van der Waals surface area (Å²) < 4.78 is 39.1. The van der Waals surface area contributed by atoms with Crippen LogP contribution in [0.3, 0.4) is 0 Å². The molecule has 0 aromatic rings. The molecule has 0 heterocycles. The van der Waals surface area contributed by atoms with E-state index in [1.165, 1.54) is 19.3 Å². The number of carbonyl (C=O) groups is 1. The normalized spacial score (nSPS) is 46.2. The summed E-state index contributed by atoms with van der Waals surface area (Å²) in [5.41, 5.74) is 0.0791. The lowest BCUT2D eigenvalue weighted by Gasteiger charge is -2.60. The minimum absolute atomic E-state index is 0.0223. The van der Waals surface area contributed by atoms with E-state index < -0.39 is 12.1 Å². The summed E-state index contributed by atoms with van der Waals surface area (Å²) in [5, 5.41) is 2.95. The van der Waals surface area contributed by atoms with Crippen LogP contribution < -0.4 is 5.32 Å². The lowest BCUT2D eigenvalue weighted by molar-refractivity contribution is -0.184. The van der Waals surface area contributed by atoms with E-state index in [9.17, 15) is 18.0 Å². The van der Waals surface area contributed by atoms with E-state index in [0.29, 0.717) is 19.3 Å². The van der Waals surface area contributed by atoms with Gasteiger partial charge in [0.25, 0.3) is 0 Å². The van der Waals surface area contributed by atoms with Crippen LogP contribution in [0.15, 0.2) is 0 Å². The number of halogens is 4. The van der Waals surface area contributed by atoms with E-state index in [1.54, 1.807) is 0 Å². The van der Waals surface area contributed by atoms with E-state index in [2.05, 4.69) is 21.2 Å². The lowest BCUT2D eigenvalue weighted by atomic mass is 9.48. The van der Waals surface area contributed by atoms with Crippen molar-refractivity contribution in [2.24, 2.45) is 23.2 Å². The molecule has 142 valence electrons. The third-order valence-electron chi connectivity index (χ3n) is 7.15. The van der Waals surface area contributed by atoms with Gasteiger partial charge in [0.15, 0.2) is 0 Å². The molecule has 5 fully saturated rings. The first-order valence-corrected chi connectivity index (χ1v) is 10.5. The summed E-state index contributed by atoms with van der Waals surface area (Å²) in [7, 11) is 0. The Labute approximate surface area is 155 Å². The van der Waals surface area contributed by atoms with E-state index >= 15 is 0 Å². The lowest BCUT2D eigenvalue weighted by Crippen LogP contribution is -2.54. The summed E-state index contributed by atoms with van der Waals surface area (Å²) in [6, 6.07) is -0.306. The summed E-state index contributed by atoms with van der Waals surface area (Å²) in [4.78, 5) is 12.6. The van der Waals surface area contributed by atoms with Gasteiger partial charge in [0.1, 0.15) is 0 Å². The highest BCUT2D eigenvalue weighted by Crippen LogP contribution is 2.65. The second-order valence-electron chi connectivity index (χ2n) is 9.46. The zero-order valence-corrected chi connectivity index (χ0v) is 16.1. The van der Waals surface area contributed by atoms with Gasteiger partial charge >= 0.3 is 6.18 Å². The van der Waals surface area contributed by atoms with Crippen molar-refractivity contribution in [3.05, 3.63) is 0 Å². The van der Waals surface area contributed by atoms with E-state index in [0.717, 1.165) is 31.1 Å². The molecule has 5 aliphatic rings. The molecule has 6 heteroatoms. The second kappa shape index (κ2) is 6.13. The van der Waals surface area contributed by atoms with Crippen molar-refractivity contribution in [1.29, 1.82) is 0 Å². The first-order chi connectivity index (χ1) is 11.6. The SMILES string of the molecule is O=C(CC12C[C@H]3C[C@@H](CC(Br)(C3)C1)C2)N[C@H]1CCC[C@@H](C(F)(F)F)C1. The standard InChI is InChI=1S/C19H27BrF3NO/c20-18-8-12-4-13(9-18)7-17(6-12,11-18)10-16(25)24-15-3-1-2-14(5-15)19(21,22)23/h12-15H,1-11H2,(H,24,25)/t12-,13-,14-,15+,17?,18?/m1/s1. The molecule has 5 rings (SSSR count). The van der Waals surface area contributed by atoms with Gasteiger partial charge in [-0.05, 0) is 75.0 Å². The summed E-state index contributed by atoms with van der Waals surface area (Å²) in [6.45, 7) is 0. The van der Waals surface area contributed by atoms with Crippen LogP contribution in [-0.4, -0.2) is 22.4 Å². The molecule has 1 amide bonds. The van der Waals surface area contributed by atoms with Crippen LogP contribution in [0.5, 0.6) is 0 Å². The molecule has 5 aliphatic carbocycles. The molecule has 0 unspecified atom stereocenters. The van der Waals surface area contributed by atoms with Gasteiger partial charge < -0.3 is 5.32 Å². The zero-order chi connectivity index (χ0) is 17.9. The predicted molar refractivity (Wildman–Crippen MR) is 93.3 cm³/mol. The molecule has 4 bridgehead atoms. The Balaban J connectivity index is 1.36. The Morgan fingerprint density at radius 1 is 1.08 bits per heavy atom. The van der Waals surface area contributed by atoms with Gasteiger partial charge in [-0.15, -0.1) is 0 Å². The van der Waals surface area contributed by atoms with Gasteiger partial charge in [-0.2, -0.15) is 13.2 Å². The Bertz CT molecular complexity index is 535. The maximum absolute atomic E-state index is 13.0. The summed E-state index contributed by atoms with van der Waals surface area (Å²) >= 11 is 3.95. The van der Waals surface area contributed by atoms with Crippen LogP contribution in [0.4, 0.5) is 13.2 Å². The van der Waals surface area contributed by atoms with Crippen LogP contribution in [0.2, 0.25) is 0 Å². The van der Waals surface area contributed by atoms with Crippen molar-refractivity contribution in [3.63, 3.8) is 0 Å². The Hall–Kier alpha value is -0.260. The number of hydrogen-bond acceptors (Lipinski definition) is 1. The van der Waals surface area contributed by atoms with E-state index in [1.807, 2.05) is 0 Å². The number of nitrogens with one attached hydrogen (secondary N) is 1. The van der Waals surface area contributed by atoms with E-state index in [4.69, 9.17) is 0 Å². The molecular weight excluding hydrogens is 395 g/mol. The van der Waals surface area contributed by atoms with Crippen LogP contribution >= 0.6 is 15.9 Å². The van der Waals surface area contributed by atoms with Gasteiger partial charge in [0.05, 0.1) is 5.92 Å². The third-order valence-corrected chi connectivity index (χ3v) is 8.08. The largest absolute Gasteiger partial charge is 0.391 e. The first-order valence-electron chi connectivity index (χ1n) is 9.70. The average Bonchev–Trinajstić information content (AvgIpc) is 2.42. The highest BCUT2D eigenvalue weighted by Gasteiger charge is 2.57. The quantitative estimate of drug-likeness (QED) is 0.611. The monoisotopic (exact) mass is 421 g/mol. The maximum Gasteiger partial charge on any atom is 0.391 e. The second-order valence-corrected chi connectivity index (χ2v) is 11.1. The molecule has 1 N–H and O–H groups in total. The van der Waals surface area contributed by atoms with Crippen molar-refractivity contribution < 1.29 is 18.0 Å². The van der Waals surface area contributed by atoms with Gasteiger partial charge in [-0.1, -0.05) is 22.4 Å². The molecule has 25 heavy (non-hydrogen) atoms. The fourth-order valence-corrected chi connectivity index (χ4v) is 8.29. The van der Waals surface area contributed by atoms with Crippen molar-refractivity contribution in [3.8, 4) is 0 Å². The third kappa shape index (κ3) is 3.74. The van der Waals surface area contributed by atoms with Crippen LogP contribution in [-0.2, 0) is 4.79 Å². The van der Waals surface area contributed by atoms with Gasteiger partial charge in [0.2, 0.25) is 5.91 Å². The molecule has 4 atom stereocenters. The smallest absolute Gasteiger partial charge is 0.353 e. The Kier molecular flexibility index (Phi) is 4.45. The van der Waals surface area contributed by atoms with Gasteiger partial charge in [-0.25, -0.2) is 0 Å².